The van der Waals surface area contributed by atoms with Crippen molar-refractivity contribution in [3.05, 3.63) is 29.8 Å². The van der Waals surface area contributed by atoms with Crippen LogP contribution < -0.4 is 21.3 Å². The molecule has 0 radical (unpaired) electrons. The lowest BCUT2D eigenvalue weighted by Crippen LogP contribution is -2.55. The first-order chi connectivity index (χ1) is 16.6. The average molecular weight is 531 g/mol. The number of phenolic OH excluding ortho intramolecular Hbond substituents is 1. The van der Waals surface area contributed by atoms with Gasteiger partial charge in [0.25, 0.3) is 10.1 Å². The van der Waals surface area contributed by atoms with Crippen molar-refractivity contribution in [3.8, 4) is 5.75 Å². The van der Waals surface area contributed by atoms with E-state index in [0.29, 0.717) is 12.0 Å². The Balaban J connectivity index is 2.76. The van der Waals surface area contributed by atoms with Crippen molar-refractivity contribution >= 4 is 33.7 Å². The zero-order valence-corrected chi connectivity index (χ0v) is 21.3. The molecule has 0 bridgehead atoms. The Hall–Kier alpha value is -3.23. The number of phenols is 1. The third-order valence-electron chi connectivity index (χ3n) is 4.96. The third kappa shape index (κ3) is 11.0. The van der Waals surface area contributed by atoms with Gasteiger partial charge in [0, 0.05) is 6.92 Å². The first-order valence-corrected chi connectivity index (χ1v) is 12.7. The molecule has 4 atom stereocenters. The number of carbonyl (C=O) groups excluding carboxylic acids is 4. The molecule has 0 saturated carbocycles. The summed E-state index contributed by atoms with van der Waals surface area (Å²) in [6.45, 7) is 5.80. The Morgan fingerprint density at radius 1 is 0.944 bits per heavy atom. The van der Waals surface area contributed by atoms with E-state index in [4.69, 9.17) is 0 Å². The van der Waals surface area contributed by atoms with Gasteiger partial charge in [-0.25, -0.2) is 0 Å². The third-order valence-corrected chi connectivity index (χ3v) is 5.90. The van der Waals surface area contributed by atoms with Crippen molar-refractivity contribution in [2.24, 2.45) is 5.92 Å². The molecule has 1 rings (SSSR count). The van der Waals surface area contributed by atoms with Gasteiger partial charge >= 0.3 is 0 Å². The second-order valence-corrected chi connectivity index (χ2v) is 10.3. The highest BCUT2D eigenvalue weighted by molar-refractivity contribution is 7.86. The van der Waals surface area contributed by atoms with E-state index in [-0.39, 0.29) is 18.1 Å². The molecular formula is C22H34N4O9S. The van der Waals surface area contributed by atoms with Crippen LogP contribution in [0.5, 0.6) is 5.75 Å². The highest BCUT2D eigenvalue weighted by Gasteiger charge is 2.33. The summed E-state index contributed by atoms with van der Waals surface area (Å²) in [5, 5.41) is 28.9. The fourth-order valence-electron chi connectivity index (χ4n) is 3.22. The lowest BCUT2D eigenvalue weighted by molar-refractivity contribution is -0.131. The standard InChI is InChI=1S/C22H34N4O9S/c1-12(2)9-17(25-14(4)27)21(31)23-11-19(29)24-13(3)20(30)26-18(22(32)36(33,34)35)10-15-5-7-16(28)8-6-15/h5-8,12-13,17-18,22,28,32H,9-11H2,1-4H3,(H,23,31)(H,24,29)(H,25,27)(H,26,30)(H,33,34,35)/t13-,17-,18?,22?/m0/s1. The molecule has 202 valence electrons. The summed E-state index contributed by atoms with van der Waals surface area (Å²) < 4.78 is 32.2. The van der Waals surface area contributed by atoms with Crippen molar-refractivity contribution in [1.29, 1.82) is 0 Å². The van der Waals surface area contributed by atoms with Crippen LogP contribution in [0.15, 0.2) is 24.3 Å². The summed E-state index contributed by atoms with van der Waals surface area (Å²) in [5.41, 5.74) is -1.92. The number of aliphatic hydroxyl groups is 1. The minimum Gasteiger partial charge on any atom is -0.508 e. The molecule has 4 amide bonds. The first kappa shape index (κ1) is 30.8. The van der Waals surface area contributed by atoms with Gasteiger partial charge in [-0.2, -0.15) is 8.42 Å². The van der Waals surface area contributed by atoms with E-state index >= 15 is 0 Å². The van der Waals surface area contributed by atoms with Crippen molar-refractivity contribution < 1.29 is 42.4 Å². The van der Waals surface area contributed by atoms with Gasteiger partial charge in [0.15, 0.2) is 0 Å². The smallest absolute Gasteiger partial charge is 0.294 e. The van der Waals surface area contributed by atoms with E-state index < -0.39 is 63.9 Å². The molecule has 0 spiro atoms. The SMILES string of the molecule is CC(=O)N[C@@H](CC(C)C)C(=O)NCC(=O)N[C@@H](C)C(=O)NC(Cc1ccc(O)cc1)C(O)S(=O)(=O)O. The number of aliphatic hydroxyl groups excluding tert-OH is 1. The van der Waals surface area contributed by atoms with Crippen LogP contribution in [0.25, 0.3) is 0 Å². The monoisotopic (exact) mass is 530 g/mol. The summed E-state index contributed by atoms with van der Waals surface area (Å²) in [6, 6.07) is 2.00. The Labute approximate surface area is 209 Å². The van der Waals surface area contributed by atoms with Crippen molar-refractivity contribution in [1.82, 2.24) is 21.3 Å². The predicted molar refractivity (Wildman–Crippen MR) is 129 cm³/mol. The number of hydrogen-bond donors (Lipinski definition) is 7. The van der Waals surface area contributed by atoms with Crippen LogP contribution in [-0.2, 0) is 35.7 Å². The maximum absolute atomic E-state index is 12.6. The maximum atomic E-state index is 12.6. The molecule has 0 fully saturated rings. The lowest BCUT2D eigenvalue weighted by atomic mass is 10.0. The van der Waals surface area contributed by atoms with Crippen LogP contribution in [-0.4, -0.2) is 76.9 Å². The van der Waals surface area contributed by atoms with Crippen LogP contribution in [0.1, 0.15) is 39.7 Å². The number of aromatic hydroxyl groups is 1. The number of hydrogen-bond acceptors (Lipinski definition) is 8. The highest BCUT2D eigenvalue weighted by atomic mass is 32.2. The fraction of sp³-hybridized carbons (Fsp3) is 0.545. The first-order valence-electron chi connectivity index (χ1n) is 11.2. The van der Waals surface area contributed by atoms with E-state index in [1.54, 1.807) is 0 Å². The van der Waals surface area contributed by atoms with E-state index in [9.17, 15) is 42.4 Å². The molecular weight excluding hydrogens is 496 g/mol. The van der Waals surface area contributed by atoms with Crippen molar-refractivity contribution in [2.75, 3.05) is 6.54 Å². The van der Waals surface area contributed by atoms with Crippen LogP contribution in [0, 0.1) is 5.92 Å². The quantitative estimate of drug-likeness (QED) is 0.152. The molecule has 13 nitrogen and oxygen atoms in total. The molecule has 1 aromatic carbocycles. The van der Waals surface area contributed by atoms with Gasteiger partial charge in [-0.1, -0.05) is 26.0 Å². The van der Waals surface area contributed by atoms with Gasteiger partial charge in [0.2, 0.25) is 29.1 Å². The van der Waals surface area contributed by atoms with Crippen molar-refractivity contribution in [2.45, 2.75) is 64.1 Å². The predicted octanol–water partition coefficient (Wildman–Crippen LogP) is -1.20. The van der Waals surface area contributed by atoms with Gasteiger partial charge in [0.05, 0.1) is 12.6 Å². The Morgan fingerprint density at radius 2 is 1.53 bits per heavy atom. The van der Waals surface area contributed by atoms with E-state index in [2.05, 4.69) is 21.3 Å². The fourth-order valence-corrected chi connectivity index (χ4v) is 3.80. The molecule has 0 aromatic heterocycles. The van der Waals surface area contributed by atoms with Gasteiger partial charge in [0.1, 0.15) is 17.8 Å². The zero-order chi connectivity index (χ0) is 27.6. The average Bonchev–Trinajstić information content (AvgIpc) is 2.76. The van der Waals surface area contributed by atoms with Crippen LogP contribution in [0.2, 0.25) is 0 Å². The number of rotatable bonds is 13. The Kier molecular flexibility index (Phi) is 11.8. The minimum absolute atomic E-state index is 0.0503. The zero-order valence-electron chi connectivity index (χ0n) is 20.5. The molecule has 36 heavy (non-hydrogen) atoms. The molecule has 0 aliphatic rings. The normalized spacial score (nSPS) is 14.8. The molecule has 14 heteroatoms. The highest BCUT2D eigenvalue weighted by Crippen LogP contribution is 2.14. The molecule has 0 aliphatic heterocycles. The summed E-state index contributed by atoms with van der Waals surface area (Å²) in [4.78, 5) is 48.5. The largest absolute Gasteiger partial charge is 0.508 e. The number of benzene rings is 1. The lowest BCUT2D eigenvalue weighted by Gasteiger charge is -2.24. The summed E-state index contributed by atoms with van der Waals surface area (Å²) in [5.74, 6) is -2.53. The molecule has 7 N–H and O–H groups in total. The van der Waals surface area contributed by atoms with Crippen LogP contribution in [0.4, 0.5) is 0 Å². The van der Waals surface area contributed by atoms with Gasteiger partial charge in [-0.15, -0.1) is 0 Å². The molecule has 0 heterocycles. The van der Waals surface area contributed by atoms with Crippen LogP contribution in [0.3, 0.4) is 0 Å². The number of carbonyl (C=O) groups is 4. The Bertz CT molecular complexity index is 1030. The van der Waals surface area contributed by atoms with E-state index in [0.717, 1.165) is 0 Å². The second kappa shape index (κ2) is 13.8. The number of amides is 4. The summed E-state index contributed by atoms with van der Waals surface area (Å²) in [7, 11) is -4.94. The summed E-state index contributed by atoms with van der Waals surface area (Å²) in [6.07, 6.45) is 0.133. The van der Waals surface area contributed by atoms with Crippen molar-refractivity contribution in [3.63, 3.8) is 0 Å². The maximum Gasteiger partial charge on any atom is 0.294 e. The summed E-state index contributed by atoms with van der Waals surface area (Å²) >= 11 is 0. The van der Waals surface area contributed by atoms with Gasteiger partial charge < -0.3 is 31.5 Å². The van der Waals surface area contributed by atoms with Gasteiger partial charge in [-0.05, 0) is 43.4 Å². The van der Waals surface area contributed by atoms with Gasteiger partial charge in [-0.3, -0.25) is 23.7 Å². The Morgan fingerprint density at radius 3 is 2.03 bits per heavy atom. The molecule has 0 aliphatic carbocycles. The van der Waals surface area contributed by atoms with E-state index in [1.165, 1.54) is 38.1 Å². The second-order valence-electron chi connectivity index (χ2n) is 8.78. The molecule has 0 saturated heterocycles. The number of nitrogens with one attached hydrogen (secondary N) is 4. The minimum atomic E-state index is -4.94. The molecule has 2 unspecified atom stereocenters. The van der Waals surface area contributed by atoms with E-state index in [1.807, 2.05) is 13.8 Å². The topological polar surface area (TPSA) is 211 Å². The molecule has 1 aromatic rings. The van der Waals surface area contributed by atoms with Crippen LogP contribution >= 0.6 is 0 Å².